The Balaban J connectivity index is 1.36. The van der Waals surface area contributed by atoms with Gasteiger partial charge in [-0.25, -0.2) is 12.8 Å². The Kier molecular flexibility index (Phi) is 5.74. The molecule has 156 valence electrons. The molecule has 0 radical (unpaired) electrons. The molecule has 0 bridgehead atoms. The van der Waals surface area contributed by atoms with Crippen LogP contribution >= 0.6 is 11.3 Å². The number of fused-ring (bicyclic) bond motifs is 1. The van der Waals surface area contributed by atoms with E-state index >= 15 is 0 Å². The van der Waals surface area contributed by atoms with Crippen LogP contribution in [0.15, 0.2) is 40.6 Å². The van der Waals surface area contributed by atoms with Crippen molar-refractivity contribution >= 4 is 27.3 Å². The SMILES string of the molecule is CC1c2ccsc2CCN1CC(=O)N1CCN(S(=O)(=O)c2ccccc2F)CC1. The Morgan fingerprint density at radius 1 is 1.14 bits per heavy atom. The Labute approximate surface area is 174 Å². The minimum absolute atomic E-state index is 0.0125. The summed E-state index contributed by atoms with van der Waals surface area (Å²) in [5.41, 5.74) is 1.30. The van der Waals surface area contributed by atoms with E-state index in [4.69, 9.17) is 0 Å². The van der Waals surface area contributed by atoms with E-state index in [2.05, 4.69) is 23.3 Å². The van der Waals surface area contributed by atoms with Crippen LogP contribution in [0.2, 0.25) is 0 Å². The lowest BCUT2D eigenvalue weighted by Crippen LogP contribution is -2.53. The van der Waals surface area contributed by atoms with Gasteiger partial charge in [-0.15, -0.1) is 11.3 Å². The lowest BCUT2D eigenvalue weighted by molar-refractivity contribution is -0.134. The van der Waals surface area contributed by atoms with Gasteiger partial charge in [0.2, 0.25) is 15.9 Å². The number of nitrogens with zero attached hydrogens (tertiary/aromatic N) is 3. The molecule has 29 heavy (non-hydrogen) atoms. The van der Waals surface area contributed by atoms with Crippen LogP contribution in [0.1, 0.15) is 23.4 Å². The molecule has 9 heteroatoms. The number of hydrogen-bond acceptors (Lipinski definition) is 5. The Morgan fingerprint density at radius 2 is 1.86 bits per heavy atom. The molecular weight excluding hydrogens is 413 g/mol. The van der Waals surface area contributed by atoms with Crippen molar-refractivity contribution in [2.45, 2.75) is 24.3 Å². The van der Waals surface area contributed by atoms with E-state index in [0.29, 0.717) is 19.6 Å². The molecule has 1 aromatic carbocycles. The Hall–Kier alpha value is -1.81. The molecule has 0 spiro atoms. The summed E-state index contributed by atoms with van der Waals surface area (Å²) in [6, 6.07) is 7.73. The molecule has 1 unspecified atom stereocenters. The second-order valence-electron chi connectivity index (χ2n) is 7.41. The molecule has 2 aliphatic rings. The molecule has 0 aliphatic carbocycles. The van der Waals surface area contributed by atoms with Crippen LogP contribution in [0.4, 0.5) is 4.39 Å². The van der Waals surface area contributed by atoms with Gasteiger partial charge in [-0.1, -0.05) is 12.1 Å². The number of halogens is 1. The number of amides is 1. The highest BCUT2D eigenvalue weighted by atomic mass is 32.2. The van der Waals surface area contributed by atoms with Crippen molar-refractivity contribution in [3.05, 3.63) is 52.0 Å². The van der Waals surface area contributed by atoms with Gasteiger partial charge in [-0.05, 0) is 42.5 Å². The van der Waals surface area contributed by atoms with Crippen molar-refractivity contribution in [2.75, 3.05) is 39.3 Å². The molecule has 1 aromatic heterocycles. The van der Waals surface area contributed by atoms with Crippen LogP contribution < -0.4 is 0 Å². The lowest BCUT2D eigenvalue weighted by atomic mass is 10.0. The van der Waals surface area contributed by atoms with Crippen molar-refractivity contribution in [1.82, 2.24) is 14.1 Å². The van der Waals surface area contributed by atoms with Gasteiger partial charge in [0, 0.05) is 43.6 Å². The molecule has 1 amide bonds. The van der Waals surface area contributed by atoms with Crippen molar-refractivity contribution in [2.24, 2.45) is 0 Å². The summed E-state index contributed by atoms with van der Waals surface area (Å²) < 4.78 is 40.6. The third kappa shape index (κ3) is 3.96. The zero-order valence-electron chi connectivity index (χ0n) is 16.3. The van der Waals surface area contributed by atoms with Gasteiger partial charge in [-0.2, -0.15) is 4.31 Å². The van der Waals surface area contributed by atoms with Crippen LogP contribution in [0.5, 0.6) is 0 Å². The smallest absolute Gasteiger partial charge is 0.246 e. The third-order valence-electron chi connectivity index (χ3n) is 5.79. The summed E-state index contributed by atoms with van der Waals surface area (Å²) >= 11 is 1.77. The van der Waals surface area contributed by atoms with Gasteiger partial charge in [-0.3, -0.25) is 9.69 Å². The highest BCUT2D eigenvalue weighted by molar-refractivity contribution is 7.89. The topological polar surface area (TPSA) is 60.9 Å². The van der Waals surface area contributed by atoms with Gasteiger partial charge < -0.3 is 4.90 Å². The summed E-state index contributed by atoms with van der Waals surface area (Å²) in [7, 11) is -3.89. The van der Waals surface area contributed by atoms with Crippen LogP contribution in [-0.2, 0) is 21.2 Å². The summed E-state index contributed by atoms with van der Waals surface area (Å²) in [5.74, 6) is -0.739. The van der Waals surface area contributed by atoms with Crippen molar-refractivity contribution in [3.63, 3.8) is 0 Å². The van der Waals surface area contributed by atoms with Gasteiger partial charge in [0.25, 0.3) is 0 Å². The number of benzene rings is 1. The van der Waals surface area contributed by atoms with Crippen LogP contribution in [0, 0.1) is 5.82 Å². The van der Waals surface area contributed by atoms with E-state index in [9.17, 15) is 17.6 Å². The Bertz CT molecular complexity index is 1000. The van der Waals surface area contributed by atoms with E-state index in [-0.39, 0.29) is 29.9 Å². The lowest BCUT2D eigenvalue weighted by Gasteiger charge is -2.37. The van der Waals surface area contributed by atoms with Crippen molar-refractivity contribution < 1.29 is 17.6 Å². The fourth-order valence-electron chi connectivity index (χ4n) is 4.02. The molecule has 4 rings (SSSR count). The molecular formula is C20H24FN3O3S2. The molecule has 6 nitrogen and oxygen atoms in total. The van der Waals surface area contributed by atoms with Gasteiger partial charge in [0.1, 0.15) is 10.7 Å². The monoisotopic (exact) mass is 437 g/mol. The second-order valence-corrected chi connectivity index (χ2v) is 10.3. The molecule has 3 heterocycles. The zero-order valence-corrected chi connectivity index (χ0v) is 17.9. The summed E-state index contributed by atoms with van der Waals surface area (Å²) in [5, 5.41) is 2.10. The van der Waals surface area contributed by atoms with Crippen molar-refractivity contribution in [3.8, 4) is 0 Å². The number of piperazine rings is 1. The second kappa shape index (κ2) is 8.14. The van der Waals surface area contributed by atoms with Crippen molar-refractivity contribution in [1.29, 1.82) is 0 Å². The fourth-order valence-corrected chi connectivity index (χ4v) is 6.47. The minimum Gasteiger partial charge on any atom is -0.339 e. The first-order valence-corrected chi connectivity index (χ1v) is 12.0. The molecule has 1 fully saturated rings. The minimum atomic E-state index is -3.89. The molecule has 0 N–H and O–H groups in total. The molecule has 1 saturated heterocycles. The molecule has 2 aliphatic heterocycles. The number of carbonyl (C=O) groups is 1. The van der Waals surface area contributed by atoms with Crippen LogP contribution in [0.25, 0.3) is 0 Å². The largest absolute Gasteiger partial charge is 0.339 e. The van der Waals surface area contributed by atoms with Crippen LogP contribution in [-0.4, -0.2) is 67.7 Å². The summed E-state index contributed by atoms with van der Waals surface area (Å²) in [6.45, 7) is 4.28. The predicted octanol–water partition coefficient (Wildman–Crippen LogP) is 2.34. The quantitative estimate of drug-likeness (QED) is 0.737. The van der Waals surface area contributed by atoms with E-state index in [1.807, 2.05) is 0 Å². The zero-order chi connectivity index (χ0) is 20.6. The average molecular weight is 438 g/mol. The molecule has 1 atom stereocenters. The van der Waals surface area contributed by atoms with E-state index in [1.54, 1.807) is 16.2 Å². The van der Waals surface area contributed by atoms with Gasteiger partial charge in [0.05, 0.1) is 6.54 Å². The standard InChI is InChI=1S/C20H24FN3O3S2/c1-15-16-7-13-28-18(16)6-8-23(15)14-20(25)22-9-11-24(12-10-22)29(26,27)19-5-3-2-4-17(19)21/h2-5,7,13,15H,6,8-12,14H2,1H3. The number of hydrogen-bond donors (Lipinski definition) is 0. The summed E-state index contributed by atoms with van der Waals surface area (Å²) in [4.78, 5) is 17.8. The highest BCUT2D eigenvalue weighted by Crippen LogP contribution is 2.32. The number of rotatable bonds is 4. The number of sulfonamides is 1. The van der Waals surface area contributed by atoms with Gasteiger partial charge >= 0.3 is 0 Å². The molecule has 0 saturated carbocycles. The van der Waals surface area contributed by atoms with Gasteiger partial charge in [0.15, 0.2) is 0 Å². The number of thiophene rings is 1. The van der Waals surface area contributed by atoms with E-state index in [0.717, 1.165) is 19.0 Å². The highest BCUT2D eigenvalue weighted by Gasteiger charge is 2.33. The third-order valence-corrected chi connectivity index (χ3v) is 8.72. The predicted molar refractivity (Wildman–Crippen MR) is 110 cm³/mol. The van der Waals surface area contributed by atoms with Crippen LogP contribution in [0.3, 0.4) is 0 Å². The first-order valence-electron chi connectivity index (χ1n) is 9.70. The van der Waals surface area contributed by atoms with E-state index < -0.39 is 15.8 Å². The normalized spacial score (nSPS) is 21.2. The fraction of sp³-hybridized carbons (Fsp3) is 0.450. The maximum atomic E-state index is 13.9. The first-order chi connectivity index (χ1) is 13.9. The average Bonchev–Trinajstić information content (AvgIpc) is 3.20. The Morgan fingerprint density at radius 3 is 2.59 bits per heavy atom. The number of carbonyl (C=O) groups excluding carboxylic acids is 1. The first kappa shape index (κ1) is 20.5. The van der Waals surface area contributed by atoms with E-state index in [1.165, 1.54) is 32.9 Å². The maximum Gasteiger partial charge on any atom is 0.246 e. The molecule has 2 aromatic rings. The maximum absolute atomic E-state index is 13.9. The summed E-state index contributed by atoms with van der Waals surface area (Å²) in [6.07, 6.45) is 0.958.